The van der Waals surface area contributed by atoms with E-state index in [4.69, 9.17) is 0 Å². The van der Waals surface area contributed by atoms with Crippen LogP contribution >= 0.6 is 11.8 Å². The van der Waals surface area contributed by atoms with Gasteiger partial charge in [-0.15, -0.1) is 0 Å². The molecular formula is C24H34S. The summed E-state index contributed by atoms with van der Waals surface area (Å²) in [5.74, 6) is 0. The number of aryl methyl sites for hydroxylation is 4. The minimum Gasteiger partial charge on any atom is -0.0889 e. The highest BCUT2D eigenvalue weighted by atomic mass is 32.2. The van der Waals surface area contributed by atoms with Gasteiger partial charge >= 0.3 is 0 Å². The maximum absolute atomic E-state index is 2.34. The molecule has 0 atom stereocenters. The van der Waals surface area contributed by atoms with E-state index in [1.54, 1.807) is 0 Å². The van der Waals surface area contributed by atoms with Crippen LogP contribution < -0.4 is 0 Å². The van der Waals surface area contributed by atoms with Crippen LogP contribution in [0.1, 0.15) is 75.6 Å². The molecule has 0 saturated carbocycles. The summed E-state index contributed by atoms with van der Waals surface area (Å²) in [7, 11) is 0. The summed E-state index contributed by atoms with van der Waals surface area (Å²) in [5.41, 5.74) is 6.14. The van der Waals surface area contributed by atoms with Gasteiger partial charge < -0.3 is 0 Å². The van der Waals surface area contributed by atoms with E-state index in [9.17, 15) is 0 Å². The van der Waals surface area contributed by atoms with Crippen molar-refractivity contribution >= 4 is 11.8 Å². The Kier molecular flexibility index (Phi) is 8.61. The highest BCUT2D eigenvalue weighted by Crippen LogP contribution is 2.39. The second-order valence-corrected chi connectivity index (χ2v) is 7.93. The second kappa shape index (κ2) is 10.7. The van der Waals surface area contributed by atoms with Gasteiger partial charge in [0.25, 0.3) is 0 Å². The van der Waals surface area contributed by atoms with Crippen molar-refractivity contribution in [3.8, 4) is 0 Å². The van der Waals surface area contributed by atoms with Gasteiger partial charge in [-0.1, -0.05) is 102 Å². The van der Waals surface area contributed by atoms with Crippen molar-refractivity contribution in [2.45, 2.75) is 88.9 Å². The fourth-order valence-electron chi connectivity index (χ4n) is 3.51. The van der Waals surface area contributed by atoms with E-state index in [2.05, 4.69) is 75.9 Å². The average Bonchev–Trinajstić information content (AvgIpc) is 2.61. The standard InChI is InChI=1S/C24H34S/c1-5-11-19-15-9-16-20(12-6-2)23(19)25-24-21(13-7-3)17-10-18-22(24)14-8-4/h9-10,15-18H,5-8,11-14H2,1-4H3. The van der Waals surface area contributed by atoms with Crippen molar-refractivity contribution in [1.82, 2.24) is 0 Å². The molecule has 0 amide bonds. The molecule has 2 aromatic rings. The average molecular weight is 355 g/mol. The maximum Gasteiger partial charge on any atom is 0.0186 e. The lowest BCUT2D eigenvalue weighted by atomic mass is 10.0. The minimum absolute atomic E-state index is 1.18. The predicted octanol–water partition coefficient (Wildman–Crippen LogP) is 7.65. The van der Waals surface area contributed by atoms with Gasteiger partial charge in [-0.3, -0.25) is 0 Å². The van der Waals surface area contributed by atoms with Gasteiger partial charge in [0.2, 0.25) is 0 Å². The molecule has 0 spiro atoms. The van der Waals surface area contributed by atoms with Crippen molar-refractivity contribution in [2.75, 3.05) is 0 Å². The predicted molar refractivity (Wildman–Crippen MR) is 113 cm³/mol. The van der Waals surface area contributed by atoms with Crippen molar-refractivity contribution < 1.29 is 0 Å². The lowest BCUT2D eigenvalue weighted by Gasteiger charge is -2.18. The highest BCUT2D eigenvalue weighted by molar-refractivity contribution is 7.99. The quantitative estimate of drug-likeness (QED) is 0.422. The van der Waals surface area contributed by atoms with Gasteiger partial charge in [0, 0.05) is 9.79 Å². The number of hydrogen-bond donors (Lipinski definition) is 0. The molecule has 136 valence electrons. The number of hydrogen-bond acceptors (Lipinski definition) is 1. The summed E-state index contributed by atoms with van der Waals surface area (Å²) in [5, 5.41) is 0. The molecule has 2 aromatic carbocycles. The van der Waals surface area contributed by atoms with E-state index in [0.717, 1.165) is 0 Å². The third-order valence-electron chi connectivity index (χ3n) is 4.64. The number of benzene rings is 2. The SMILES string of the molecule is CCCc1cccc(CCC)c1Sc1c(CCC)cccc1CCC. The van der Waals surface area contributed by atoms with E-state index in [0.29, 0.717) is 0 Å². The Morgan fingerprint density at radius 1 is 0.520 bits per heavy atom. The van der Waals surface area contributed by atoms with Gasteiger partial charge in [0.1, 0.15) is 0 Å². The molecule has 0 aliphatic heterocycles. The summed E-state index contributed by atoms with van der Waals surface area (Å²) >= 11 is 2.05. The van der Waals surface area contributed by atoms with Crippen LogP contribution in [-0.4, -0.2) is 0 Å². The monoisotopic (exact) mass is 354 g/mol. The van der Waals surface area contributed by atoms with Crippen molar-refractivity contribution in [1.29, 1.82) is 0 Å². The lowest BCUT2D eigenvalue weighted by Crippen LogP contribution is -1.99. The van der Waals surface area contributed by atoms with E-state index >= 15 is 0 Å². The topological polar surface area (TPSA) is 0 Å². The smallest absolute Gasteiger partial charge is 0.0186 e. The van der Waals surface area contributed by atoms with Crippen LogP contribution in [0.5, 0.6) is 0 Å². The zero-order valence-electron chi connectivity index (χ0n) is 16.5. The van der Waals surface area contributed by atoms with E-state index in [1.165, 1.54) is 83.4 Å². The summed E-state index contributed by atoms with van der Waals surface area (Å²) in [6, 6.07) is 13.9. The number of rotatable bonds is 10. The van der Waals surface area contributed by atoms with Crippen molar-refractivity contribution in [2.24, 2.45) is 0 Å². The normalized spacial score (nSPS) is 11.0. The minimum atomic E-state index is 1.18. The zero-order chi connectivity index (χ0) is 18.1. The summed E-state index contributed by atoms with van der Waals surface area (Å²) in [6.07, 6.45) is 9.56. The van der Waals surface area contributed by atoms with E-state index in [1.807, 2.05) is 0 Å². The van der Waals surface area contributed by atoms with Gasteiger partial charge in [-0.05, 0) is 47.9 Å². The molecule has 0 nitrogen and oxygen atoms in total. The Balaban J connectivity index is 2.50. The molecule has 0 N–H and O–H groups in total. The molecule has 0 unspecified atom stereocenters. The summed E-state index contributed by atoms with van der Waals surface area (Å²) in [4.78, 5) is 3.07. The lowest BCUT2D eigenvalue weighted by molar-refractivity contribution is 0.849. The molecule has 2 rings (SSSR count). The molecule has 0 heterocycles. The fraction of sp³-hybridized carbons (Fsp3) is 0.500. The maximum atomic E-state index is 2.34. The molecule has 0 aliphatic carbocycles. The summed E-state index contributed by atoms with van der Waals surface area (Å²) in [6.45, 7) is 9.14. The second-order valence-electron chi connectivity index (χ2n) is 6.91. The van der Waals surface area contributed by atoms with Crippen LogP contribution in [-0.2, 0) is 25.7 Å². The third-order valence-corrected chi connectivity index (χ3v) is 6.09. The Hall–Kier alpha value is -1.21. The summed E-state index contributed by atoms with van der Waals surface area (Å²) < 4.78 is 0. The Bertz CT molecular complexity index is 551. The first-order valence-corrected chi connectivity index (χ1v) is 11.0. The van der Waals surface area contributed by atoms with Gasteiger partial charge in [-0.25, -0.2) is 0 Å². The first kappa shape index (κ1) is 20.1. The Morgan fingerprint density at radius 2 is 0.800 bits per heavy atom. The van der Waals surface area contributed by atoms with Gasteiger partial charge in [0.15, 0.2) is 0 Å². The molecule has 0 bridgehead atoms. The van der Waals surface area contributed by atoms with Crippen LogP contribution in [0.15, 0.2) is 46.2 Å². The van der Waals surface area contributed by atoms with Gasteiger partial charge in [-0.2, -0.15) is 0 Å². The Morgan fingerprint density at radius 3 is 1.04 bits per heavy atom. The molecular weight excluding hydrogens is 320 g/mol. The molecule has 25 heavy (non-hydrogen) atoms. The first-order chi connectivity index (χ1) is 12.2. The first-order valence-electron chi connectivity index (χ1n) is 10.1. The van der Waals surface area contributed by atoms with Crippen molar-refractivity contribution in [3.05, 3.63) is 58.7 Å². The van der Waals surface area contributed by atoms with E-state index in [-0.39, 0.29) is 0 Å². The zero-order valence-corrected chi connectivity index (χ0v) is 17.3. The molecule has 0 fully saturated rings. The van der Waals surface area contributed by atoms with Crippen LogP contribution in [0.25, 0.3) is 0 Å². The molecule has 0 aromatic heterocycles. The third kappa shape index (κ3) is 5.38. The largest absolute Gasteiger partial charge is 0.0889 e. The van der Waals surface area contributed by atoms with Crippen LogP contribution in [0, 0.1) is 0 Å². The van der Waals surface area contributed by atoms with Crippen molar-refractivity contribution in [3.63, 3.8) is 0 Å². The highest BCUT2D eigenvalue weighted by Gasteiger charge is 2.14. The molecule has 0 radical (unpaired) electrons. The van der Waals surface area contributed by atoms with Crippen LogP contribution in [0.2, 0.25) is 0 Å². The molecule has 0 aliphatic rings. The Labute approximate surface area is 159 Å². The molecule has 1 heteroatoms. The van der Waals surface area contributed by atoms with Crippen LogP contribution in [0.3, 0.4) is 0 Å². The van der Waals surface area contributed by atoms with Crippen LogP contribution in [0.4, 0.5) is 0 Å². The van der Waals surface area contributed by atoms with E-state index < -0.39 is 0 Å². The fourth-order valence-corrected chi connectivity index (χ4v) is 4.91. The molecule has 0 saturated heterocycles. The van der Waals surface area contributed by atoms with Gasteiger partial charge in [0.05, 0.1) is 0 Å².